The van der Waals surface area contributed by atoms with Crippen molar-refractivity contribution >= 4 is 20.2 Å². The van der Waals surface area contributed by atoms with Crippen molar-refractivity contribution in [3.63, 3.8) is 0 Å². The first-order chi connectivity index (χ1) is 24.4. The van der Waals surface area contributed by atoms with E-state index < -0.39 is 88.1 Å². The number of hydrogen-bond acceptors (Lipinski definition) is 6. The van der Waals surface area contributed by atoms with Crippen molar-refractivity contribution < 1.29 is 82.0 Å². The molecule has 0 amide bonds. The largest absolute Gasteiger partial charge is 4.00 e. The van der Waals surface area contributed by atoms with Gasteiger partial charge in [0, 0.05) is 0 Å². The maximum Gasteiger partial charge on any atom is 4.00 e. The zero-order valence-corrected chi connectivity index (χ0v) is 30.5. The van der Waals surface area contributed by atoms with Crippen LogP contribution in [-0.2, 0) is 42.0 Å². The maximum absolute atomic E-state index is 13.4. The molecule has 6 nitrogen and oxygen atoms in total. The van der Waals surface area contributed by atoms with E-state index in [1.807, 2.05) is 24.3 Å². The molecule has 4 aromatic rings. The van der Waals surface area contributed by atoms with Crippen LogP contribution in [0.1, 0.15) is 24.0 Å². The number of aryl methyl sites for hydroxylation is 2. The van der Waals surface area contributed by atoms with E-state index in [1.165, 1.54) is 24.3 Å². The van der Waals surface area contributed by atoms with Crippen molar-refractivity contribution in [2.45, 2.75) is 36.5 Å². The summed E-state index contributed by atoms with van der Waals surface area (Å²) in [6.07, 6.45) is 20.0. The Hall–Kier alpha value is -4.51. The van der Waals surface area contributed by atoms with Crippen LogP contribution in [0.5, 0.6) is 11.5 Å². The van der Waals surface area contributed by atoms with Crippen LogP contribution >= 0.6 is 0 Å². The molecule has 0 N–H and O–H groups in total. The SMILES string of the molecule is Cc1ccc(S(=O)(=O)Oc2c(F)c(F)[c-]c(F)c2F)cc1.Cc1ccc(S(=O)(=O)Oc2c(F)c(F)[c-]c(F)c2F)cc1.[C-]1=CC=CC1.[C-]1=CC=CC1.[Ti+4]. The van der Waals surface area contributed by atoms with Gasteiger partial charge in [0.05, 0.1) is 46.5 Å². The smallest absolute Gasteiger partial charge is 0.400 e. The fourth-order valence-electron chi connectivity index (χ4n) is 3.56. The zero-order chi connectivity index (χ0) is 38.6. The van der Waals surface area contributed by atoms with E-state index in [9.17, 15) is 52.0 Å². The van der Waals surface area contributed by atoms with Crippen molar-refractivity contribution in [1.82, 2.24) is 0 Å². The van der Waals surface area contributed by atoms with Crippen LogP contribution in [0.3, 0.4) is 0 Å². The predicted octanol–water partition coefficient (Wildman–Crippen LogP) is 8.85. The fraction of sp³-hybridized carbons (Fsp3) is 0.111. The first-order valence-corrected chi connectivity index (χ1v) is 17.2. The second kappa shape index (κ2) is 20.1. The molecule has 6 rings (SSSR count). The molecule has 53 heavy (non-hydrogen) atoms. The van der Waals surface area contributed by atoms with Gasteiger partial charge in [0.1, 0.15) is 21.3 Å². The van der Waals surface area contributed by atoms with Gasteiger partial charge in [-0.1, -0.05) is 35.4 Å². The molecule has 17 heteroatoms. The Kier molecular flexibility index (Phi) is 16.9. The summed E-state index contributed by atoms with van der Waals surface area (Å²) < 4.78 is 161. The average Bonchev–Trinajstić information content (AvgIpc) is 3.88. The molecule has 0 saturated carbocycles. The van der Waals surface area contributed by atoms with Gasteiger partial charge in [-0.05, 0) is 38.1 Å². The van der Waals surface area contributed by atoms with Gasteiger partial charge < -0.3 is 8.37 Å². The molecule has 4 aromatic carbocycles. The molecule has 0 heterocycles. The minimum absolute atomic E-state index is 0. The molecule has 0 spiro atoms. The molecule has 0 bridgehead atoms. The quantitative estimate of drug-likeness (QED) is 0.0636. The van der Waals surface area contributed by atoms with E-state index in [1.54, 1.807) is 13.8 Å². The molecule has 0 radical (unpaired) electrons. The molecule has 0 aromatic heterocycles. The van der Waals surface area contributed by atoms with E-state index in [4.69, 9.17) is 0 Å². The number of halogens is 8. The third-order valence-electron chi connectivity index (χ3n) is 6.18. The maximum atomic E-state index is 13.4. The summed E-state index contributed by atoms with van der Waals surface area (Å²) in [6, 6.07) is 12.4. The Labute approximate surface area is 315 Å². The van der Waals surface area contributed by atoms with Gasteiger partial charge in [-0.3, -0.25) is 29.7 Å². The van der Waals surface area contributed by atoms with Crippen LogP contribution in [0.4, 0.5) is 35.1 Å². The van der Waals surface area contributed by atoms with Crippen LogP contribution in [-0.4, -0.2) is 16.8 Å². The van der Waals surface area contributed by atoms with Crippen molar-refractivity contribution in [1.29, 1.82) is 0 Å². The van der Waals surface area contributed by atoms with E-state index in [0.29, 0.717) is 0 Å². The molecule has 2 aliphatic carbocycles. The Morgan fingerprint density at radius 3 is 1.00 bits per heavy atom. The Bertz CT molecular complexity index is 1990. The summed E-state index contributed by atoms with van der Waals surface area (Å²) in [5, 5.41) is 0. The number of benzene rings is 4. The van der Waals surface area contributed by atoms with E-state index in [2.05, 4.69) is 32.7 Å². The van der Waals surface area contributed by atoms with E-state index in [0.717, 1.165) is 60.4 Å². The topological polar surface area (TPSA) is 86.7 Å². The number of allylic oxidation sites excluding steroid dienone is 8. The Morgan fingerprint density at radius 1 is 0.509 bits per heavy atom. The first kappa shape index (κ1) is 44.7. The number of hydrogen-bond donors (Lipinski definition) is 0. The second-order valence-electron chi connectivity index (χ2n) is 10.1. The van der Waals surface area contributed by atoms with Crippen molar-refractivity contribution in [2.24, 2.45) is 0 Å². The molecular formula is C36H24F8O6S2Ti. The normalized spacial score (nSPS) is 12.4. The second-order valence-corrected chi connectivity index (χ2v) is 13.2. The third kappa shape index (κ3) is 12.8. The van der Waals surface area contributed by atoms with E-state index in [-0.39, 0.29) is 21.7 Å². The fourth-order valence-corrected chi connectivity index (χ4v) is 5.42. The monoisotopic (exact) mass is 816 g/mol. The zero-order valence-electron chi connectivity index (χ0n) is 27.3. The molecule has 0 fully saturated rings. The summed E-state index contributed by atoms with van der Waals surface area (Å²) in [4.78, 5) is -0.832. The van der Waals surface area contributed by atoms with Crippen molar-refractivity contribution in [2.75, 3.05) is 0 Å². The Morgan fingerprint density at radius 2 is 0.792 bits per heavy atom. The van der Waals surface area contributed by atoms with Gasteiger partial charge in [-0.2, -0.15) is 29.0 Å². The van der Waals surface area contributed by atoms with Gasteiger partial charge in [0.25, 0.3) is 0 Å². The summed E-state index contributed by atoms with van der Waals surface area (Å²) in [6.45, 7) is 3.38. The van der Waals surface area contributed by atoms with Crippen LogP contribution in [0, 0.1) is 84.7 Å². The molecule has 0 saturated heterocycles. The van der Waals surface area contributed by atoms with Gasteiger partial charge in [0.2, 0.25) is 0 Å². The molecule has 0 unspecified atom stereocenters. The van der Waals surface area contributed by atoms with Crippen LogP contribution in [0.15, 0.2) is 94.8 Å². The molecule has 0 aliphatic heterocycles. The van der Waals surface area contributed by atoms with E-state index >= 15 is 0 Å². The summed E-state index contributed by atoms with van der Waals surface area (Å²) in [7, 11) is -9.27. The van der Waals surface area contributed by atoms with Gasteiger partial charge >= 0.3 is 42.0 Å². The molecular weight excluding hydrogens is 792 g/mol. The van der Waals surface area contributed by atoms with Crippen molar-refractivity contribution in [3.8, 4) is 11.5 Å². The third-order valence-corrected chi connectivity index (χ3v) is 8.66. The first-order valence-electron chi connectivity index (χ1n) is 14.4. The van der Waals surface area contributed by atoms with Gasteiger partial charge in [-0.15, -0.1) is 25.0 Å². The standard InChI is InChI=1S/2C13H7F4O3S.2C5H5.Ti/c2*1-7-2-4-8(5-3-7)21(18,19)20-13-11(16)9(14)6-10(15)12(13)17;2*1-2-4-5-3-1;/h2*2-5H,1H3;2*1-3H,4H2;/q4*-1;+4. The summed E-state index contributed by atoms with van der Waals surface area (Å²) in [5.41, 5.74) is 1.47. The molecule has 2 aliphatic rings. The van der Waals surface area contributed by atoms with Crippen molar-refractivity contribution in [3.05, 3.63) is 167 Å². The number of rotatable bonds is 6. The Balaban J connectivity index is 0.000000285. The summed E-state index contributed by atoms with van der Waals surface area (Å²) >= 11 is 0. The molecule has 0 atom stereocenters. The minimum atomic E-state index is -4.64. The average molecular weight is 817 g/mol. The van der Waals surface area contributed by atoms with Crippen LogP contribution < -0.4 is 8.37 Å². The van der Waals surface area contributed by atoms with Gasteiger partial charge in [-0.25, -0.2) is 41.9 Å². The summed E-state index contributed by atoms with van der Waals surface area (Å²) in [5.74, 6) is -18.8. The predicted molar refractivity (Wildman–Crippen MR) is 171 cm³/mol. The van der Waals surface area contributed by atoms with Crippen LogP contribution in [0.25, 0.3) is 0 Å². The molecule has 276 valence electrons. The van der Waals surface area contributed by atoms with Gasteiger partial charge in [0.15, 0.2) is 0 Å². The van der Waals surface area contributed by atoms with Crippen LogP contribution in [0.2, 0.25) is 0 Å². The minimum Gasteiger partial charge on any atom is -0.400 e.